The smallest absolute Gasteiger partial charge is 0.140 e. The Bertz CT molecular complexity index is 543. The van der Waals surface area contributed by atoms with Gasteiger partial charge < -0.3 is 14.2 Å². The predicted octanol–water partition coefficient (Wildman–Crippen LogP) is 2.39. The first kappa shape index (κ1) is 12.9. The van der Waals surface area contributed by atoms with Gasteiger partial charge in [-0.1, -0.05) is 0 Å². The molecule has 0 atom stereocenters. The summed E-state index contributed by atoms with van der Waals surface area (Å²) in [6.07, 6.45) is 3.85. The zero-order valence-corrected chi connectivity index (χ0v) is 11.8. The molecule has 2 aromatic heterocycles. The molecule has 0 aliphatic heterocycles. The first-order chi connectivity index (χ1) is 8.44. The molecule has 2 rings (SSSR count). The maximum atomic E-state index is 5.19. The van der Waals surface area contributed by atoms with Gasteiger partial charge in [0.05, 0.1) is 13.3 Å². The topological polar surface area (TPSA) is 30.3 Å². The van der Waals surface area contributed by atoms with Crippen LogP contribution in [0.3, 0.4) is 0 Å². The van der Waals surface area contributed by atoms with Gasteiger partial charge in [-0.2, -0.15) is 0 Å². The lowest BCUT2D eigenvalue weighted by Gasteiger charge is -2.33. The van der Waals surface area contributed by atoms with E-state index in [1.54, 1.807) is 13.3 Å². The largest absolute Gasteiger partial charge is 0.495 e. The average Bonchev–Trinajstić information content (AvgIpc) is 2.71. The third-order valence-corrected chi connectivity index (χ3v) is 3.58. The fourth-order valence-corrected chi connectivity index (χ4v) is 1.86. The van der Waals surface area contributed by atoms with Gasteiger partial charge >= 0.3 is 0 Å². The minimum atomic E-state index is 0.0908. The molecule has 0 bridgehead atoms. The van der Waals surface area contributed by atoms with Gasteiger partial charge in [-0.05, 0) is 40.1 Å². The molecule has 2 heterocycles. The Morgan fingerprint density at radius 2 is 2.11 bits per heavy atom. The highest BCUT2D eigenvalue weighted by atomic mass is 16.5. The van der Waals surface area contributed by atoms with Crippen LogP contribution in [0.4, 0.5) is 0 Å². The SMILES string of the molecule is COc1cnc2c(ccn2CC(C)(C)N(C)C)c1. The summed E-state index contributed by atoms with van der Waals surface area (Å²) >= 11 is 0. The number of methoxy groups -OCH3 is 1. The van der Waals surface area contributed by atoms with Crippen LogP contribution in [0.25, 0.3) is 11.0 Å². The molecule has 0 aromatic carbocycles. The molecule has 0 N–H and O–H groups in total. The third kappa shape index (κ3) is 2.34. The van der Waals surface area contributed by atoms with Crippen LogP contribution in [0, 0.1) is 0 Å². The third-order valence-electron chi connectivity index (χ3n) is 3.58. The highest BCUT2D eigenvalue weighted by Crippen LogP contribution is 2.22. The van der Waals surface area contributed by atoms with E-state index < -0.39 is 0 Å². The summed E-state index contributed by atoms with van der Waals surface area (Å²) in [4.78, 5) is 6.70. The van der Waals surface area contributed by atoms with E-state index in [9.17, 15) is 0 Å². The van der Waals surface area contributed by atoms with Crippen LogP contribution in [0.1, 0.15) is 13.8 Å². The van der Waals surface area contributed by atoms with Crippen molar-refractivity contribution in [3.05, 3.63) is 24.5 Å². The van der Waals surface area contributed by atoms with Crippen molar-refractivity contribution in [2.24, 2.45) is 0 Å². The zero-order valence-electron chi connectivity index (χ0n) is 11.8. The van der Waals surface area contributed by atoms with E-state index in [0.29, 0.717) is 0 Å². The van der Waals surface area contributed by atoms with Gasteiger partial charge in [0.15, 0.2) is 0 Å². The molecular weight excluding hydrogens is 226 g/mol. The number of pyridine rings is 1. The van der Waals surface area contributed by atoms with Crippen LogP contribution >= 0.6 is 0 Å². The van der Waals surface area contributed by atoms with Crippen molar-refractivity contribution >= 4 is 11.0 Å². The first-order valence-electron chi connectivity index (χ1n) is 6.10. The van der Waals surface area contributed by atoms with Crippen molar-refractivity contribution < 1.29 is 4.74 Å². The predicted molar refractivity (Wildman–Crippen MR) is 74.1 cm³/mol. The van der Waals surface area contributed by atoms with E-state index in [4.69, 9.17) is 4.74 Å². The molecule has 0 saturated carbocycles. The maximum absolute atomic E-state index is 5.19. The number of likely N-dealkylation sites (N-methyl/N-ethyl adjacent to an activating group) is 1. The van der Waals surface area contributed by atoms with Crippen LogP contribution in [-0.4, -0.2) is 41.2 Å². The Balaban J connectivity index is 2.35. The average molecular weight is 247 g/mol. The van der Waals surface area contributed by atoms with Gasteiger partial charge in [-0.15, -0.1) is 0 Å². The highest BCUT2D eigenvalue weighted by molar-refractivity contribution is 5.77. The standard InChI is InChI=1S/C14H21N3O/c1-14(2,16(3)4)10-17-7-6-11-8-12(18-5)9-15-13(11)17/h6-9H,10H2,1-5H3. The molecule has 4 heteroatoms. The maximum Gasteiger partial charge on any atom is 0.140 e. The highest BCUT2D eigenvalue weighted by Gasteiger charge is 2.21. The van der Waals surface area contributed by atoms with E-state index in [-0.39, 0.29) is 5.54 Å². The molecule has 0 radical (unpaired) electrons. The van der Waals surface area contributed by atoms with Gasteiger partial charge in [0.25, 0.3) is 0 Å². The van der Waals surface area contributed by atoms with Gasteiger partial charge in [0.1, 0.15) is 11.4 Å². The molecule has 0 amide bonds. The number of rotatable bonds is 4. The summed E-state index contributed by atoms with van der Waals surface area (Å²) < 4.78 is 7.38. The van der Waals surface area contributed by atoms with Gasteiger partial charge in [0.2, 0.25) is 0 Å². The zero-order chi connectivity index (χ0) is 13.3. The summed E-state index contributed by atoms with van der Waals surface area (Å²) in [5.74, 6) is 0.798. The van der Waals surface area contributed by atoms with Crippen molar-refractivity contribution in [2.45, 2.75) is 25.9 Å². The Morgan fingerprint density at radius 3 is 2.72 bits per heavy atom. The van der Waals surface area contributed by atoms with E-state index >= 15 is 0 Å². The molecule has 0 spiro atoms. The molecule has 0 fully saturated rings. The Hall–Kier alpha value is -1.55. The summed E-state index contributed by atoms with van der Waals surface area (Å²) in [5.41, 5.74) is 1.10. The molecule has 4 nitrogen and oxygen atoms in total. The number of aromatic nitrogens is 2. The number of nitrogens with zero attached hydrogens (tertiary/aromatic N) is 3. The Morgan fingerprint density at radius 1 is 1.39 bits per heavy atom. The van der Waals surface area contributed by atoms with Crippen molar-refractivity contribution in [2.75, 3.05) is 21.2 Å². The van der Waals surface area contributed by atoms with Crippen molar-refractivity contribution in [3.8, 4) is 5.75 Å². The molecule has 0 aliphatic rings. The minimum absolute atomic E-state index is 0.0908. The van der Waals surface area contributed by atoms with Gasteiger partial charge in [0, 0.05) is 23.7 Å². The molecule has 0 saturated heterocycles. The molecule has 2 aromatic rings. The van der Waals surface area contributed by atoms with Crippen molar-refractivity contribution in [1.29, 1.82) is 0 Å². The van der Waals surface area contributed by atoms with E-state index in [1.807, 2.05) is 6.07 Å². The Kier molecular flexibility index (Phi) is 3.30. The lowest BCUT2D eigenvalue weighted by atomic mass is 10.0. The number of fused-ring (bicyclic) bond motifs is 1. The van der Waals surface area contributed by atoms with E-state index in [2.05, 4.69) is 54.7 Å². The van der Waals surface area contributed by atoms with E-state index in [1.165, 1.54) is 0 Å². The second-order valence-electron chi connectivity index (χ2n) is 5.44. The van der Waals surface area contributed by atoms with Crippen LogP contribution in [0.15, 0.2) is 24.5 Å². The lowest BCUT2D eigenvalue weighted by Crippen LogP contribution is -2.41. The van der Waals surface area contributed by atoms with Crippen molar-refractivity contribution in [3.63, 3.8) is 0 Å². The molecule has 0 aliphatic carbocycles. The lowest BCUT2D eigenvalue weighted by molar-refractivity contribution is 0.171. The normalized spacial score (nSPS) is 12.3. The molecule has 18 heavy (non-hydrogen) atoms. The van der Waals surface area contributed by atoms with Crippen LogP contribution in [-0.2, 0) is 6.54 Å². The molecular formula is C14H21N3O. The number of hydrogen-bond donors (Lipinski definition) is 0. The first-order valence-corrected chi connectivity index (χ1v) is 6.10. The fraction of sp³-hybridized carbons (Fsp3) is 0.500. The van der Waals surface area contributed by atoms with Crippen molar-refractivity contribution in [1.82, 2.24) is 14.5 Å². The van der Waals surface area contributed by atoms with E-state index in [0.717, 1.165) is 23.3 Å². The van der Waals surface area contributed by atoms with Gasteiger partial charge in [-0.3, -0.25) is 0 Å². The monoisotopic (exact) mass is 247 g/mol. The quantitative estimate of drug-likeness (QED) is 0.831. The second-order valence-corrected chi connectivity index (χ2v) is 5.44. The number of hydrogen-bond acceptors (Lipinski definition) is 3. The minimum Gasteiger partial charge on any atom is -0.495 e. The van der Waals surface area contributed by atoms with Crippen LogP contribution in [0.2, 0.25) is 0 Å². The van der Waals surface area contributed by atoms with Gasteiger partial charge in [-0.25, -0.2) is 4.98 Å². The summed E-state index contributed by atoms with van der Waals surface area (Å²) in [6, 6.07) is 4.10. The molecule has 0 unspecified atom stereocenters. The summed E-state index contributed by atoms with van der Waals surface area (Å²) in [7, 11) is 5.86. The van der Waals surface area contributed by atoms with Crippen LogP contribution < -0.4 is 4.74 Å². The number of ether oxygens (including phenoxy) is 1. The summed E-state index contributed by atoms with van der Waals surface area (Å²) in [5, 5.41) is 1.11. The second kappa shape index (κ2) is 4.61. The molecule has 98 valence electrons. The van der Waals surface area contributed by atoms with Crippen LogP contribution in [0.5, 0.6) is 5.75 Å². The summed E-state index contributed by atoms with van der Waals surface area (Å²) in [6.45, 7) is 5.35. The Labute approximate surface area is 108 Å². The fourth-order valence-electron chi connectivity index (χ4n) is 1.86.